The van der Waals surface area contributed by atoms with E-state index in [-0.39, 0.29) is 19.0 Å². The number of rotatable bonds is 11. The first-order valence-electron chi connectivity index (χ1n) is 13.9. The van der Waals surface area contributed by atoms with Crippen LogP contribution in [0.5, 0.6) is 0 Å². The van der Waals surface area contributed by atoms with Gasteiger partial charge in [0.15, 0.2) is 5.82 Å². The van der Waals surface area contributed by atoms with Crippen molar-refractivity contribution in [3.63, 3.8) is 0 Å². The zero-order valence-electron chi connectivity index (χ0n) is 25.5. The minimum atomic E-state index is -1.20. The number of nitrogens with two attached hydrogens (primary N) is 1. The number of nitrogens with one attached hydrogen (secondary N) is 2. The molecule has 0 aliphatic rings. The van der Waals surface area contributed by atoms with Crippen molar-refractivity contribution >= 4 is 23.9 Å². The molecule has 0 fully saturated rings. The van der Waals surface area contributed by atoms with E-state index < -0.39 is 35.3 Å². The lowest BCUT2D eigenvalue weighted by Crippen LogP contribution is -2.56. The topological polar surface area (TPSA) is 128 Å². The summed E-state index contributed by atoms with van der Waals surface area (Å²) in [6, 6.07) is 13.1. The third-order valence-corrected chi connectivity index (χ3v) is 5.12. The number of halogens is 1. The summed E-state index contributed by atoms with van der Waals surface area (Å²) in [6.07, 6.45) is 3.53. The van der Waals surface area contributed by atoms with E-state index in [0.29, 0.717) is 11.8 Å². The Kier molecular flexibility index (Phi) is 18.2. The summed E-state index contributed by atoms with van der Waals surface area (Å²) in [6.45, 7) is 15.2. The van der Waals surface area contributed by atoms with Crippen molar-refractivity contribution in [1.82, 2.24) is 14.9 Å². The minimum Gasteiger partial charge on any atom is -0.374 e. The van der Waals surface area contributed by atoms with E-state index in [0.717, 1.165) is 5.56 Å². The Morgan fingerprint density at radius 3 is 2.15 bits per heavy atom. The normalized spacial score (nSPS) is 11.6. The van der Waals surface area contributed by atoms with E-state index in [1.54, 1.807) is 0 Å². The standard InChI is InChI=1S/C25H28FN5O4.3C2H6/c1-25(2,27)24(34)29-20(15-35-14-17-6-4-3-5-7-17)23(33)30-22-12-31(16-28-22)21(13-32)18-8-10-19(26)11-9-18;3*1-2/h3-13,16,20-21H,14-15,27H2,1-2H3,(H,29,34)(H,30,33);3*1-2H3. The molecule has 2 unspecified atom stereocenters. The number of amides is 2. The van der Waals surface area contributed by atoms with Crippen molar-refractivity contribution in [2.45, 2.75) is 79.6 Å². The molecule has 0 aliphatic carbocycles. The van der Waals surface area contributed by atoms with Gasteiger partial charge in [-0.3, -0.25) is 9.59 Å². The number of carbonyl (C=O) groups is 3. The Balaban J connectivity index is 0.00000250. The number of benzene rings is 2. The molecule has 10 heteroatoms. The molecule has 3 rings (SSSR count). The number of aromatic nitrogens is 2. The highest BCUT2D eigenvalue weighted by atomic mass is 19.1. The van der Waals surface area contributed by atoms with E-state index in [1.807, 2.05) is 71.9 Å². The average molecular weight is 572 g/mol. The highest BCUT2D eigenvalue weighted by Gasteiger charge is 2.29. The molecule has 41 heavy (non-hydrogen) atoms. The zero-order valence-corrected chi connectivity index (χ0v) is 25.5. The molecule has 4 N–H and O–H groups in total. The monoisotopic (exact) mass is 571 g/mol. The number of hydrogen-bond donors (Lipinski definition) is 3. The maximum absolute atomic E-state index is 13.2. The van der Waals surface area contributed by atoms with Gasteiger partial charge in [0.25, 0.3) is 5.91 Å². The summed E-state index contributed by atoms with van der Waals surface area (Å²) in [7, 11) is 0. The van der Waals surface area contributed by atoms with Crippen molar-refractivity contribution in [3.05, 3.63) is 84.1 Å². The number of anilines is 1. The van der Waals surface area contributed by atoms with Crippen molar-refractivity contribution in [2.75, 3.05) is 11.9 Å². The summed E-state index contributed by atoms with van der Waals surface area (Å²) < 4.78 is 20.4. The highest BCUT2D eigenvalue weighted by molar-refractivity contribution is 5.98. The second-order valence-electron chi connectivity index (χ2n) is 8.58. The van der Waals surface area contributed by atoms with Crippen LogP contribution in [0.15, 0.2) is 67.1 Å². The first-order valence-corrected chi connectivity index (χ1v) is 13.9. The Morgan fingerprint density at radius 1 is 1.02 bits per heavy atom. The van der Waals surface area contributed by atoms with Gasteiger partial charge in [0.05, 0.1) is 25.1 Å². The first-order chi connectivity index (χ1) is 19.7. The van der Waals surface area contributed by atoms with Gasteiger partial charge in [-0.05, 0) is 37.1 Å². The van der Waals surface area contributed by atoms with Crippen molar-refractivity contribution < 1.29 is 23.5 Å². The first kappa shape index (κ1) is 37.1. The molecule has 3 aromatic rings. The molecular weight excluding hydrogens is 525 g/mol. The van der Waals surface area contributed by atoms with Crippen molar-refractivity contribution in [1.29, 1.82) is 0 Å². The van der Waals surface area contributed by atoms with Crippen LogP contribution >= 0.6 is 0 Å². The van der Waals surface area contributed by atoms with Crippen molar-refractivity contribution in [2.24, 2.45) is 5.73 Å². The Bertz CT molecular complexity index is 1150. The smallest absolute Gasteiger partial charge is 0.250 e. The Morgan fingerprint density at radius 2 is 1.61 bits per heavy atom. The lowest BCUT2D eigenvalue weighted by Gasteiger charge is -2.23. The molecule has 0 radical (unpaired) electrons. The summed E-state index contributed by atoms with van der Waals surface area (Å²) in [5, 5.41) is 5.23. The van der Waals surface area contributed by atoms with Crippen molar-refractivity contribution in [3.8, 4) is 0 Å². The van der Waals surface area contributed by atoms with Gasteiger partial charge in [-0.2, -0.15) is 0 Å². The van der Waals surface area contributed by atoms with Gasteiger partial charge in [-0.15, -0.1) is 0 Å². The molecule has 0 bridgehead atoms. The van der Waals surface area contributed by atoms with Gasteiger partial charge >= 0.3 is 0 Å². The molecule has 226 valence electrons. The van der Waals surface area contributed by atoms with Crippen LogP contribution in [0.1, 0.15) is 72.6 Å². The van der Waals surface area contributed by atoms with Gasteiger partial charge in [0, 0.05) is 6.20 Å². The molecule has 2 amide bonds. The Hall–Kier alpha value is -3.89. The van der Waals surface area contributed by atoms with Crippen LogP contribution in [0.3, 0.4) is 0 Å². The van der Waals surface area contributed by atoms with Crippen LogP contribution in [0, 0.1) is 5.82 Å². The molecule has 0 saturated heterocycles. The fourth-order valence-corrected chi connectivity index (χ4v) is 3.14. The molecular formula is C31H46FN5O4. The van der Waals surface area contributed by atoms with Crippen LogP contribution in [0.4, 0.5) is 10.2 Å². The third-order valence-electron chi connectivity index (χ3n) is 5.12. The van der Waals surface area contributed by atoms with E-state index in [2.05, 4.69) is 15.6 Å². The fraction of sp³-hybridized carbons (Fsp3) is 0.419. The summed E-state index contributed by atoms with van der Waals surface area (Å²) in [5.41, 5.74) is 6.13. The SMILES string of the molecule is CC.CC.CC.CC(C)(N)C(=O)NC(COCc1ccccc1)C(=O)Nc1cn(C(C=O)c2ccc(F)cc2)cn1. The maximum Gasteiger partial charge on any atom is 0.250 e. The lowest BCUT2D eigenvalue weighted by atomic mass is 10.1. The zero-order chi connectivity index (χ0) is 31.4. The van der Waals surface area contributed by atoms with Crippen LogP contribution in [0.25, 0.3) is 0 Å². The molecule has 2 aromatic carbocycles. The van der Waals surface area contributed by atoms with Crippen LogP contribution in [0.2, 0.25) is 0 Å². The molecule has 2 atom stereocenters. The summed E-state index contributed by atoms with van der Waals surface area (Å²) >= 11 is 0. The molecule has 1 aromatic heterocycles. The number of ether oxygens (including phenoxy) is 1. The fourth-order valence-electron chi connectivity index (χ4n) is 3.14. The minimum absolute atomic E-state index is 0.101. The van der Waals surface area contributed by atoms with Gasteiger partial charge in [0.1, 0.15) is 24.2 Å². The van der Waals surface area contributed by atoms with Crippen LogP contribution in [-0.2, 0) is 25.7 Å². The summed E-state index contributed by atoms with van der Waals surface area (Å²) in [4.78, 5) is 41.2. The van der Waals surface area contributed by atoms with E-state index >= 15 is 0 Å². The average Bonchev–Trinajstić information content (AvgIpc) is 3.45. The predicted molar refractivity (Wildman–Crippen MR) is 162 cm³/mol. The third kappa shape index (κ3) is 12.9. The molecule has 1 heterocycles. The predicted octanol–water partition coefficient (Wildman–Crippen LogP) is 5.27. The highest BCUT2D eigenvalue weighted by Crippen LogP contribution is 2.19. The van der Waals surface area contributed by atoms with Crippen LogP contribution < -0.4 is 16.4 Å². The van der Waals surface area contributed by atoms with Crippen LogP contribution in [-0.4, -0.2) is 45.8 Å². The molecule has 0 saturated carbocycles. The summed E-state index contributed by atoms with van der Waals surface area (Å²) in [5.74, 6) is -1.34. The number of nitrogens with zero attached hydrogens (tertiary/aromatic N) is 2. The number of imidazole rings is 1. The second kappa shape index (κ2) is 20.1. The van der Waals surface area contributed by atoms with Gasteiger partial charge < -0.3 is 30.5 Å². The maximum atomic E-state index is 13.2. The van der Waals surface area contributed by atoms with E-state index in [9.17, 15) is 18.8 Å². The van der Waals surface area contributed by atoms with E-state index in [1.165, 1.54) is 55.2 Å². The van der Waals surface area contributed by atoms with Gasteiger partial charge in [0.2, 0.25) is 5.91 Å². The molecule has 9 nitrogen and oxygen atoms in total. The largest absolute Gasteiger partial charge is 0.374 e. The molecule has 0 spiro atoms. The number of carbonyl (C=O) groups excluding carboxylic acids is 3. The second-order valence-corrected chi connectivity index (χ2v) is 8.58. The Labute approximate surface area is 243 Å². The lowest BCUT2D eigenvalue weighted by molar-refractivity contribution is -0.130. The molecule has 0 aliphatic heterocycles. The van der Waals surface area contributed by atoms with Gasteiger partial charge in [-0.25, -0.2) is 9.37 Å². The number of aldehydes is 1. The van der Waals surface area contributed by atoms with Gasteiger partial charge in [-0.1, -0.05) is 84.0 Å². The van der Waals surface area contributed by atoms with E-state index in [4.69, 9.17) is 10.5 Å². The quantitative estimate of drug-likeness (QED) is 0.269. The number of hydrogen-bond acceptors (Lipinski definition) is 6.